The summed E-state index contributed by atoms with van der Waals surface area (Å²) in [5, 5.41) is 7.06. The fraction of sp³-hybridized carbons (Fsp3) is 0.444. The second kappa shape index (κ2) is 7.88. The minimum atomic E-state index is -3.98. The number of amides is 1. The molecular formula is C18H23FN4O4S. The number of nitrogens with one attached hydrogen (secondary N) is 1. The van der Waals surface area contributed by atoms with Gasteiger partial charge in [-0.25, -0.2) is 12.8 Å². The van der Waals surface area contributed by atoms with Crippen molar-refractivity contribution >= 4 is 15.9 Å². The molecule has 0 radical (unpaired) electrons. The molecule has 1 amide bonds. The van der Waals surface area contributed by atoms with Gasteiger partial charge in [-0.2, -0.15) is 9.40 Å². The predicted molar refractivity (Wildman–Crippen MR) is 99.9 cm³/mol. The molecule has 152 valence electrons. The largest absolute Gasteiger partial charge is 0.495 e. The molecule has 1 aromatic carbocycles. The first-order chi connectivity index (χ1) is 13.2. The van der Waals surface area contributed by atoms with Gasteiger partial charge in [-0.15, -0.1) is 0 Å². The van der Waals surface area contributed by atoms with E-state index in [4.69, 9.17) is 4.74 Å². The zero-order chi connectivity index (χ0) is 20.5. The Morgan fingerprint density at radius 3 is 2.75 bits per heavy atom. The average Bonchev–Trinajstić information content (AvgIpc) is 3.09. The number of hydrogen-bond donors (Lipinski definition) is 1. The van der Waals surface area contributed by atoms with Gasteiger partial charge >= 0.3 is 0 Å². The van der Waals surface area contributed by atoms with Crippen molar-refractivity contribution in [3.05, 3.63) is 41.5 Å². The first-order valence-electron chi connectivity index (χ1n) is 8.91. The van der Waals surface area contributed by atoms with E-state index in [1.54, 1.807) is 10.7 Å². The summed E-state index contributed by atoms with van der Waals surface area (Å²) in [6.45, 7) is 4.99. The van der Waals surface area contributed by atoms with E-state index < -0.39 is 15.8 Å². The van der Waals surface area contributed by atoms with Gasteiger partial charge in [0.05, 0.1) is 25.9 Å². The SMILES string of the molecule is COc1ccc(F)cc1S(=O)(=O)N1CCn2nc(C(=O)NCC(C)C)cc2C1. The molecule has 1 aromatic heterocycles. The lowest BCUT2D eigenvalue weighted by atomic mass is 10.2. The number of aromatic nitrogens is 2. The maximum atomic E-state index is 13.6. The number of sulfonamides is 1. The Morgan fingerprint density at radius 2 is 2.07 bits per heavy atom. The summed E-state index contributed by atoms with van der Waals surface area (Å²) in [5.74, 6) is -0.570. The summed E-state index contributed by atoms with van der Waals surface area (Å²) in [6.07, 6.45) is 0. The molecule has 28 heavy (non-hydrogen) atoms. The molecule has 0 spiro atoms. The van der Waals surface area contributed by atoms with Crippen LogP contribution in [0.5, 0.6) is 5.75 Å². The Bertz CT molecular complexity index is 987. The molecule has 1 aliphatic heterocycles. The second-order valence-electron chi connectivity index (χ2n) is 6.98. The number of methoxy groups -OCH3 is 1. The fourth-order valence-corrected chi connectivity index (χ4v) is 4.51. The van der Waals surface area contributed by atoms with Crippen molar-refractivity contribution in [3.63, 3.8) is 0 Å². The summed E-state index contributed by atoms with van der Waals surface area (Å²) < 4.78 is 47.6. The van der Waals surface area contributed by atoms with Crippen LogP contribution in [0.25, 0.3) is 0 Å². The maximum absolute atomic E-state index is 13.6. The number of ether oxygens (including phenoxy) is 1. The van der Waals surface area contributed by atoms with Gasteiger partial charge in [-0.3, -0.25) is 9.48 Å². The van der Waals surface area contributed by atoms with Crippen molar-refractivity contribution < 1.29 is 22.3 Å². The first-order valence-corrected chi connectivity index (χ1v) is 10.3. The second-order valence-corrected chi connectivity index (χ2v) is 8.89. The van der Waals surface area contributed by atoms with Crippen molar-refractivity contribution in [1.82, 2.24) is 19.4 Å². The summed E-state index contributed by atoms with van der Waals surface area (Å²) in [7, 11) is -2.64. The van der Waals surface area contributed by atoms with Crippen LogP contribution in [0.15, 0.2) is 29.2 Å². The highest BCUT2D eigenvalue weighted by molar-refractivity contribution is 7.89. The van der Waals surface area contributed by atoms with Gasteiger partial charge in [-0.05, 0) is 30.2 Å². The topological polar surface area (TPSA) is 93.5 Å². The molecule has 0 atom stereocenters. The van der Waals surface area contributed by atoms with Gasteiger partial charge in [0.1, 0.15) is 22.2 Å². The number of carbonyl (C=O) groups is 1. The monoisotopic (exact) mass is 410 g/mol. The van der Waals surface area contributed by atoms with Crippen molar-refractivity contribution in [2.24, 2.45) is 5.92 Å². The normalized spacial score (nSPS) is 14.8. The van der Waals surface area contributed by atoms with Gasteiger partial charge in [-0.1, -0.05) is 13.8 Å². The van der Waals surface area contributed by atoms with Crippen LogP contribution < -0.4 is 10.1 Å². The van der Waals surface area contributed by atoms with E-state index in [1.165, 1.54) is 17.5 Å². The lowest BCUT2D eigenvalue weighted by Gasteiger charge is -2.27. The third-order valence-electron chi connectivity index (χ3n) is 4.41. The van der Waals surface area contributed by atoms with Crippen LogP contribution in [0.1, 0.15) is 30.0 Å². The van der Waals surface area contributed by atoms with Crippen LogP contribution in [0.2, 0.25) is 0 Å². The van der Waals surface area contributed by atoms with E-state index in [0.29, 0.717) is 24.7 Å². The molecule has 0 saturated heterocycles. The molecule has 3 rings (SSSR count). The zero-order valence-corrected chi connectivity index (χ0v) is 16.8. The van der Waals surface area contributed by atoms with Crippen LogP contribution in [-0.2, 0) is 23.1 Å². The molecule has 0 fully saturated rings. The maximum Gasteiger partial charge on any atom is 0.271 e. The van der Waals surface area contributed by atoms with E-state index in [9.17, 15) is 17.6 Å². The Balaban J connectivity index is 1.83. The molecule has 0 bridgehead atoms. The molecule has 0 aliphatic carbocycles. The number of carbonyl (C=O) groups excluding carboxylic acids is 1. The first kappa shape index (κ1) is 20.3. The Kier molecular flexibility index (Phi) is 5.71. The van der Waals surface area contributed by atoms with Gasteiger partial charge < -0.3 is 10.1 Å². The molecule has 0 saturated carbocycles. The Labute approximate surface area is 163 Å². The Hall–Kier alpha value is -2.46. The zero-order valence-electron chi connectivity index (χ0n) is 16.0. The standard InChI is InChI=1S/C18H23FN4O4S/c1-12(2)10-20-18(24)15-9-14-11-22(6-7-23(14)21-15)28(25,26)17-8-13(19)4-5-16(17)27-3/h4-5,8-9,12H,6-7,10-11H2,1-3H3,(H,20,24). The number of halogens is 1. The van der Waals surface area contributed by atoms with Gasteiger partial charge in [0, 0.05) is 13.1 Å². The van der Waals surface area contributed by atoms with Crippen molar-refractivity contribution in [1.29, 1.82) is 0 Å². The summed E-state index contributed by atoms with van der Waals surface area (Å²) >= 11 is 0. The minimum absolute atomic E-state index is 0.0342. The highest BCUT2D eigenvalue weighted by atomic mass is 32.2. The molecular weight excluding hydrogens is 387 g/mol. The summed E-state index contributed by atoms with van der Waals surface area (Å²) in [6, 6.07) is 4.96. The highest BCUT2D eigenvalue weighted by Gasteiger charge is 2.32. The lowest BCUT2D eigenvalue weighted by Crippen LogP contribution is -2.38. The molecule has 1 N–H and O–H groups in total. The van der Waals surface area contributed by atoms with E-state index in [-0.39, 0.29) is 35.3 Å². The number of nitrogens with zero attached hydrogens (tertiary/aromatic N) is 3. The fourth-order valence-electron chi connectivity index (χ4n) is 2.94. The van der Waals surface area contributed by atoms with Gasteiger partial charge in [0.25, 0.3) is 5.91 Å². The van der Waals surface area contributed by atoms with Crippen molar-refractivity contribution in [3.8, 4) is 5.75 Å². The van der Waals surface area contributed by atoms with Crippen molar-refractivity contribution in [2.75, 3.05) is 20.2 Å². The average molecular weight is 410 g/mol. The molecule has 0 unspecified atom stereocenters. The number of fused-ring (bicyclic) bond motifs is 1. The third kappa shape index (κ3) is 4.02. The van der Waals surface area contributed by atoms with E-state index in [0.717, 1.165) is 12.1 Å². The number of benzene rings is 1. The molecule has 2 heterocycles. The van der Waals surface area contributed by atoms with Crippen LogP contribution in [0.4, 0.5) is 4.39 Å². The van der Waals surface area contributed by atoms with E-state index >= 15 is 0 Å². The predicted octanol–water partition coefficient (Wildman–Crippen LogP) is 1.62. The van der Waals surface area contributed by atoms with Gasteiger partial charge in [0.2, 0.25) is 10.0 Å². The van der Waals surface area contributed by atoms with Crippen LogP contribution in [-0.4, -0.2) is 48.6 Å². The highest BCUT2D eigenvalue weighted by Crippen LogP contribution is 2.29. The van der Waals surface area contributed by atoms with Gasteiger partial charge in [0.15, 0.2) is 0 Å². The number of rotatable bonds is 6. The quantitative estimate of drug-likeness (QED) is 0.781. The van der Waals surface area contributed by atoms with E-state index in [2.05, 4.69) is 10.4 Å². The van der Waals surface area contributed by atoms with Crippen LogP contribution in [0.3, 0.4) is 0 Å². The van der Waals surface area contributed by atoms with Crippen LogP contribution >= 0.6 is 0 Å². The molecule has 8 nitrogen and oxygen atoms in total. The summed E-state index contributed by atoms with van der Waals surface area (Å²) in [4.78, 5) is 12.0. The van der Waals surface area contributed by atoms with E-state index in [1.807, 2.05) is 13.8 Å². The summed E-state index contributed by atoms with van der Waals surface area (Å²) in [5.41, 5.74) is 0.845. The lowest BCUT2D eigenvalue weighted by molar-refractivity contribution is 0.0943. The molecule has 2 aromatic rings. The molecule has 10 heteroatoms. The number of hydrogen-bond acceptors (Lipinski definition) is 5. The molecule has 1 aliphatic rings. The van der Waals surface area contributed by atoms with Crippen LogP contribution in [0, 0.1) is 11.7 Å². The minimum Gasteiger partial charge on any atom is -0.495 e. The Morgan fingerprint density at radius 1 is 1.32 bits per heavy atom. The smallest absolute Gasteiger partial charge is 0.271 e. The van der Waals surface area contributed by atoms with Crippen molar-refractivity contribution in [2.45, 2.75) is 31.8 Å². The third-order valence-corrected chi connectivity index (χ3v) is 6.28.